The van der Waals surface area contributed by atoms with Gasteiger partial charge >= 0.3 is 0 Å². The minimum absolute atomic E-state index is 0.206. The van der Waals surface area contributed by atoms with E-state index in [4.69, 9.17) is 22.6 Å². The maximum atomic E-state index is 11.5. The van der Waals surface area contributed by atoms with Crippen LogP contribution in [0.1, 0.15) is 18.9 Å². The van der Waals surface area contributed by atoms with Crippen molar-refractivity contribution in [2.75, 3.05) is 5.32 Å². The van der Waals surface area contributed by atoms with Crippen molar-refractivity contribution in [2.45, 2.75) is 19.4 Å². The minimum Gasteiger partial charge on any atom is -0.327 e. The predicted molar refractivity (Wildman–Crippen MR) is 63.1 cm³/mol. The highest BCUT2D eigenvalue weighted by atomic mass is 35.5. The van der Waals surface area contributed by atoms with E-state index in [-0.39, 0.29) is 18.4 Å². The molecule has 0 aliphatic carbocycles. The van der Waals surface area contributed by atoms with Crippen LogP contribution in [0.3, 0.4) is 0 Å². The van der Waals surface area contributed by atoms with Crippen LogP contribution in [0.25, 0.3) is 0 Å². The van der Waals surface area contributed by atoms with Crippen LogP contribution >= 0.6 is 11.6 Å². The van der Waals surface area contributed by atoms with E-state index < -0.39 is 0 Å². The van der Waals surface area contributed by atoms with Crippen LogP contribution in [0, 0.1) is 11.3 Å². The van der Waals surface area contributed by atoms with Crippen LogP contribution < -0.4 is 11.1 Å². The second kappa shape index (κ2) is 5.50. The second-order valence-corrected chi connectivity index (χ2v) is 3.97. The summed E-state index contributed by atoms with van der Waals surface area (Å²) in [6, 6.07) is 6.46. The maximum Gasteiger partial charge on any atom is 0.225 e. The van der Waals surface area contributed by atoms with Gasteiger partial charge in [-0.3, -0.25) is 4.79 Å². The summed E-state index contributed by atoms with van der Waals surface area (Å²) in [7, 11) is 0. The summed E-state index contributed by atoms with van der Waals surface area (Å²) in [5.41, 5.74) is 6.29. The number of benzene rings is 1. The first-order valence-corrected chi connectivity index (χ1v) is 5.16. The summed E-state index contributed by atoms with van der Waals surface area (Å²) in [5.74, 6) is -0.228. The molecule has 1 atom stereocenters. The number of halogens is 1. The fraction of sp³-hybridized carbons (Fsp3) is 0.273. The number of nitrogens with one attached hydrogen (secondary N) is 1. The molecule has 0 aliphatic rings. The van der Waals surface area contributed by atoms with Gasteiger partial charge in [0.1, 0.15) is 6.07 Å². The third kappa shape index (κ3) is 3.54. The quantitative estimate of drug-likeness (QED) is 0.843. The summed E-state index contributed by atoms with van der Waals surface area (Å²) in [6.45, 7) is 1.74. The van der Waals surface area contributed by atoms with Crippen molar-refractivity contribution in [3.63, 3.8) is 0 Å². The SMILES string of the molecule is CC(N)CC(=O)Nc1cc(Cl)ccc1C#N. The van der Waals surface area contributed by atoms with Gasteiger partial charge < -0.3 is 11.1 Å². The van der Waals surface area contributed by atoms with Crippen LogP contribution in [0.15, 0.2) is 18.2 Å². The summed E-state index contributed by atoms with van der Waals surface area (Å²) in [4.78, 5) is 11.5. The van der Waals surface area contributed by atoms with Gasteiger partial charge in [0.2, 0.25) is 5.91 Å². The fourth-order valence-corrected chi connectivity index (χ4v) is 1.38. The lowest BCUT2D eigenvalue weighted by Gasteiger charge is -2.08. The summed E-state index contributed by atoms with van der Waals surface area (Å²) < 4.78 is 0. The molecule has 1 amide bonds. The number of hydrogen-bond donors (Lipinski definition) is 2. The van der Waals surface area contributed by atoms with E-state index in [0.29, 0.717) is 16.3 Å². The van der Waals surface area contributed by atoms with Crippen LogP contribution in [0.2, 0.25) is 5.02 Å². The molecule has 0 heterocycles. The standard InChI is InChI=1S/C11H12ClN3O/c1-7(14)4-11(16)15-10-5-9(12)3-2-8(10)6-13/h2-3,5,7H,4,14H2,1H3,(H,15,16). The van der Waals surface area contributed by atoms with Crippen molar-refractivity contribution in [2.24, 2.45) is 5.73 Å². The third-order valence-electron chi connectivity index (χ3n) is 1.88. The fourth-order valence-electron chi connectivity index (χ4n) is 1.21. The van der Waals surface area contributed by atoms with Gasteiger partial charge in [0.15, 0.2) is 0 Å². The molecule has 3 N–H and O–H groups in total. The van der Waals surface area contributed by atoms with Crippen LogP contribution in [0.5, 0.6) is 0 Å². The molecule has 1 aromatic rings. The molecule has 16 heavy (non-hydrogen) atoms. The van der Waals surface area contributed by atoms with Gasteiger partial charge in [-0.1, -0.05) is 11.6 Å². The number of hydrogen-bond acceptors (Lipinski definition) is 3. The highest BCUT2D eigenvalue weighted by molar-refractivity contribution is 6.31. The monoisotopic (exact) mass is 237 g/mol. The van der Waals surface area contributed by atoms with Crippen molar-refractivity contribution >= 4 is 23.2 Å². The molecule has 0 aliphatic heterocycles. The average molecular weight is 238 g/mol. The molecule has 0 spiro atoms. The van der Waals surface area contributed by atoms with E-state index >= 15 is 0 Å². The third-order valence-corrected chi connectivity index (χ3v) is 2.12. The summed E-state index contributed by atoms with van der Waals surface area (Å²) in [6.07, 6.45) is 0.206. The van der Waals surface area contributed by atoms with E-state index in [0.717, 1.165) is 0 Å². The lowest BCUT2D eigenvalue weighted by molar-refractivity contribution is -0.116. The van der Waals surface area contributed by atoms with E-state index in [1.165, 1.54) is 0 Å². The Kier molecular flexibility index (Phi) is 4.29. The molecule has 0 saturated carbocycles. The Morgan fingerprint density at radius 1 is 1.69 bits per heavy atom. The predicted octanol–water partition coefficient (Wildman–Crippen LogP) is 1.89. The number of carbonyl (C=O) groups is 1. The topological polar surface area (TPSA) is 78.9 Å². The maximum absolute atomic E-state index is 11.5. The van der Waals surface area contributed by atoms with Gasteiger partial charge in [0.25, 0.3) is 0 Å². The van der Waals surface area contributed by atoms with Crippen molar-refractivity contribution < 1.29 is 4.79 Å². The molecule has 0 fully saturated rings. The molecule has 84 valence electrons. The van der Waals surface area contributed by atoms with E-state index in [1.807, 2.05) is 6.07 Å². The number of anilines is 1. The molecule has 1 rings (SSSR count). The van der Waals surface area contributed by atoms with E-state index in [9.17, 15) is 4.79 Å². The Balaban J connectivity index is 2.84. The molecule has 0 aromatic heterocycles. The first-order chi connectivity index (χ1) is 7.52. The van der Waals surface area contributed by atoms with Crippen molar-refractivity contribution in [1.82, 2.24) is 0 Å². The van der Waals surface area contributed by atoms with Gasteiger partial charge in [0.05, 0.1) is 11.3 Å². The first kappa shape index (κ1) is 12.5. The molecule has 0 saturated heterocycles. The Morgan fingerprint density at radius 2 is 2.38 bits per heavy atom. The Bertz CT molecular complexity index is 437. The van der Waals surface area contributed by atoms with Gasteiger partial charge in [0, 0.05) is 17.5 Å². The largest absolute Gasteiger partial charge is 0.327 e. The van der Waals surface area contributed by atoms with Gasteiger partial charge in [-0.2, -0.15) is 5.26 Å². The Morgan fingerprint density at radius 3 is 2.94 bits per heavy atom. The first-order valence-electron chi connectivity index (χ1n) is 4.78. The number of rotatable bonds is 3. The van der Waals surface area contributed by atoms with Crippen molar-refractivity contribution in [1.29, 1.82) is 5.26 Å². The zero-order chi connectivity index (χ0) is 12.1. The molecule has 0 bridgehead atoms. The normalized spacial score (nSPS) is 11.6. The molecule has 0 radical (unpaired) electrons. The van der Waals surface area contributed by atoms with Crippen LogP contribution in [-0.2, 0) is 4.79 Å². The summed E-state index contributed by atoms with van der Waals surface area (Å²) >= 11 is 5.78. The van der Waals surface area contributed by atoms with Gasteiger partial charge in [-0.15, -0.1) is 0 Å². The molecule has 1 aromatic carbocycles. The number of nitriles is 1. The highest BCUT2D eigenvalue weighted by Crippen LogP contribution is 2.20. The van der Waals surface area contributed by atoms with Crippen LogP contribution in [0.4, 0.5) is 5.69 Å². The highest BCUT2D eigenvalue weighted by Gasteiger charge is 2.09. The number of carbonyl (C=O) groups excluding carboxylic acids is 1. The smallest absolute Gasteiger partial charge is 0.225 e. The molecular weight excluding hydrogens is 226 g/mol. The Labute approximate surface area is 99.0 Å². The summed E-state index contributed by atoms with van der Waals surface area (Å²) in [5, 5.41) is 11.9. The van der Waals surface area contributed by atoms with Crippen molar-refractivity contribution in [3.05, 3.63) is 28.8 Å². The molecule has 1 unspecified atom stereocenters. The lowest BCUT2D eigenvalue weighted by Crippen LogP contribution is -2.24. The van der Waals surface area contributed by atoms with Crippen molar-refractivity contribution in [3.8, 4) is 6.07 Å². The molecule has 4 nitrogen and oxygen atoms in total. The second-order valence-electron chi connectivity index (χ2n) is 3.53. The lowest BCUT2D eigenvalue weighted by atomic mass is 10.2. The number of nitrogens with zero attached hydrogens (tertiary/aromatic N) is 1. The zero-order valence-corrected chi connectivity index (χ0v) is 9.58. The van der Waals surface area contributed by atoms with E-state index in [2.05, 4.69) is 5.32 Å². The minimum atomic E-state index is -0.228. The van der Waals surface area contributed by atoms with E-state index in [1.54, 1.807) is 25.1 Å². The average Bonchev–Trinajstić information content (AvgIpc) is 2.16. The molecule has 5 heteroatoms. The zero-order valence-electron chi connectivity index (χ0n) is 8.83. The van der Waals surface area contributed by atoms with Crippen LogP contribution in [-0.4, -0.2) is 11.9 Å². The molecular formula is C11H12ClN3O. The van der Waals surface area contributed by atoms with Gasteiger partial charge in [-0.25, -0.2) is 0 Å². The Hall–Kier alpha value is -1.57. The number of nitrogens with two attached hydrogens (primary N) is 1. The van der Waals surface area contributed by atoms with Gasteiger partial charge in [-0.05, 0) is 25.1 Å². The number of amides is 1.